The fraction of sp³-hybridized carbons (Fsp3) is 0.235. The zero-order valence-electron chi connectivity index (χ0n) is 12.7. The van der Waals surface area contributed by atoms with E-state index in [1.807, 2.05) is 0 Å². The van der Waals surface area contributed by atoms with Gasteiger partial charge in [0.25, 0.3) is 5.91 Å². The van der Waals surface area contributed by atoms with Crippen LogP contribution in [0.3, 0.4) is 0 Å². The van der Waals surface area contributed by atoms with Gasteiger partial charge in [-0.25, -0.2) is 0 Å². The number of rotatable bonds is 5. The van der Waals surface area contributed by atoms with Crippen molar-refractivity contribution in [2.24, 2.45) is 0 Å². The van der Waals surface area contributed by atoms with Crippen LogP contribution in [0.1, 0.15) is 18.9 Å². The average molecular weight is 358 g/mol. The van der Waals surface area contributed by atoms with Crippen LogP contribution >= 0.6 is 11.6 Å². The zero-order chi connectivity index (χ0) is 17.7. The molecule has 0 aromatic heterocycles. The maximum absolute atomic E-state index is 13.1. The lowest BCUT2D eigenvalue weighted by Gasteiger charge is -2.19. The Morgan fingerprint density at radius 2 is 1.88 bits per heavy atom. The lowest BCUT2D eigenvalue weighted by atomic mass is 10.1. The van der Waals surface area contributed by atoms with Crippen molar-refractivity contribution in [3.63, 3.8) is 0 Å². The van der Waals surface area contributed by atoms with E-state index in [0.29, 0.717) is 12.2 Å². The van der Waals surface area contributed by atoms with Crippen molar-refractivity contribution in [2.45, 2.75) is 25.6 Å². The first-order valence-electron chi connectivity index (χ1n) is 7.20. The van der Waals surface area contributed by atoms with E-state index in [0.717, 1.165) is 12.1 Å². The molecule has 1 amide bonds. The van der Waals surface area contributed by atoms with Crippen LogP contribution in [-0.2, 0) is 11.0 Å². The van der Waals surface area contributed by atoms with E-state index in [4.69, 9.17) is 16.3 Å². The summed E-state index contributed by atoms with van der Waals surface area (Å²) in [5.41, 5.74) is -1.36. The molecule has 0 unspecified atom stereocenters. The van der Waals surface area contributed by atoms with Crippen molar-refractivity contribution < 1.29 is 22.7 Å². The van der Waals surface area contributed by atoms with Gasteiger partial charge in [-0.1, -0.05) is 36.7 Å². The molecule has 0 aliphatic heterocycles. The van der Waals surface area contributed by atoms with E-state index >= 15 is 0 Å². The molecule has 0 aliphatic rings. The van der Waals surface area contributed by atoms with E-state index in [1.165, 1.54) is 6.07 Å². The number of nitrogens with one attached hydrogen (secondary N) is 1. The standard InChI is InChI=1S/C17H15ClF3NO2/c1-2-15(24-12-6-4-3-5-7-12)16(23)22-14-9-8-11(18)10-13(14)17(19,20)21/h3-10,15H,2H2,1H3,(H,22,23)/t15-/m0/s1. The van der Waals surface area contributed by atoms with E-state index in [1.54, 1.807) is 37.3 Å². The van der Waals surface area contributed by atoms with E-state index < -0.39 is 23.8 Å². The Morgan fingerprint density at radius 3 is 2.46 bits per heavy atom. The van der Waals surface area contributed by atoms with Crippen LogP contribution in [0.5, 0.6) is 5.75 Å². The highest BCUT2D eigenvalue weighted by Gasteiger charge is 2.34. The predicted molar refractivity (Wildman–Crippen MR) is 86.2 cm³/mol. The van der Waals surface area contributed by atoms with Gasteiger partial charge in [-0.15, -0.1) is 0 Å². The molecule has 128 valence electrons. The minimum atomic E-state index is -4.63. The molecule has 7 heteroatoms. The Morgan fingerprint density at radius 1 is 1.21 bits per heavy atom. The van der Waals surface area contributed by atoms with Gasteiger partial charge in [0.2, 0.25) is 0 Å². The predicted octanol–water partition coefficient (Wildman–Crippen LogP) is 5.15. The first kappa shape index (κ1) is 18.1. The number of ether oxygens (including phenoxy) is 1. The monoisotopic (exact) mass is 357 g/mol. The second kappa shape index (κ2) is 7.57. The lowest BCUT2D eigenvalue weighted by molar-refractivity contribution is -0.137. The molecule has 0 radical (unpaired) electrons. The van der Waals surface area contributed by atoms with Gasteiger partial charge < -0.3 is 10.1 Å². The van der Waals surface area contributed by atoms with Crippen molar-refractivity contribution in [3.8, 4) is 5.75 Å². The minimum absolute atomic E-state index is 0.0621. The van der Waals surface area contributed by atoms with Crippen LogP contribution in [0, 0.1) is 0 Å². The highest BCUT2D eigenvalue weighted by atomic mass is 35.5. The molecule has 0 bridgehead atoms. The molecule has 0 saturated heterocycles. The number of benzene rings is 2. The van der Waals surface area contributed by atoms with Gasteiger partial charge in [0.05, 0.1) is 11.3 Å². The van der Waals surface area contributed by atoms with Crippen molar-refractivity contribution in [3.05, 3.63) is 59.1 Å². The Labute approximate surface area is 142 Å². The van der Waals surface area contributed by atoms with E-state index in [-0.39, 0.29) is 10.7 Å². The molecule has 0 aliphatic carbocycles. The smallest absolute Gasteiger partial charge is 0.418 e. The fourth-order valence-corrected chi connectivity index (χ4v) is 2.23. The van der Waals surface area contributed by atoms with Gasteiger partial charge in [0.1, 0.15) is 5.75 Å². The minimum Gasteiger partial charge on any atom is -0.481 e. The quantitative estimate of drug-likeness (QED) is 0.803. The zero-order valence-corrected chi connectivity index (χ0v) is 13.5. The van der Waals surface area contributed by atoms with Crippen LogP contribution in [0.15, 0.2) is 48.5 Å². The maximum atomic E-state index is 13.1. The Kier molecular flexibility index (Phi) is 5.72. The summed E-state index contributed by atoms with van der Waals surface area (Å²) in [5.74, 6) is -0.194. The number of hydrogen-bond acceptors (Lipinski definition) is 2. The summed E-state index contributed by atoms with van der Waals surface area (Å²) in [6.45, 7) is 1.71. The molecule has 2 aromatic rings. The Hall–Kier alpha value is -2.21. The summed E-state index contributed by atoms with van der Waals surface area (Å²) in [5, 5.41) is 2.21. The second-order valence-corrected chi connectivity index (χ2v) is 5.44. The third kappa shape index (κ3) is 4.64. The molecule has 0 spiro atoms. The molecule has 0 heterocycles. The molecule has 2 rings (SSSR count). The molecular weight excluding hydrogens is 343 g/mol. The first-order chi connectivity index (χ1) is 11.3. The van der Waals surface area contributed by atoms with Gasteiger partial charge in [-0.2, -0.15) is 13.2 Å². The normalized spacial score (nSPS) is 12.5. The van der Waals surface area contributed by atoms with Gasteiger partial charge in [0, 0.05) is 5.02 Å². The molecule has 1 atom stereocenters. The number of halogens is 4. The molecule has 2 aromatic carbocycles. The number of alkyl halides is 3. The summed E-state index contributed by atoms with van der Waals surface area (Å²) in [6.07, 6.45) is -5.24. The summed E-state index contributed by atoms with van der Waals surface area (Å²) < 4.78 is 44.7. The van der Waals surface area contributed by atoms with Crippen LogP contribution in [0.4, 0.5) is 18.9 Å². The van der Waals surface area contributed by atoms with Crippen molar-refractivity contribution >= 4 is 23.2 Å². The van der Waals surface area contributed by atoms with Crippen LogP contribution < -0.4 is 10.1 Å². The number of hydrogen-bond donors (Lipinski definition) is 1. The average Bonchev–Trinajstić information content (AvgIpc) is 2.54. The SMILES string of the molecule is CC[C@H](Oc1ccccc1)C(=O)Nc1ccc(Cl)cc1C(F)(F)F. The molecular formula is C17H15ClF3NO2. The number of carbonyl (C=O) groups excluding carboxylic acids is 1. The molecule has 0 fully saturated rings. The van der Waals surface area contributed by atoms with E-state index in [9.17, 15) is 18.0 Å². The fourth-order valence-electron chi connectivity index (χ4n) is 2.06. The Balaban J connectivity index is 2.19. The van der Waals surface area contributed by atoms with Gasteiger partial charge in [-0.05, 0) is 36.8 Å². The van der Waals surface area contributed by atoms with Gasteiger partial charge in [0.15, 0.2) is 6.10 Å². The van der Waals surface area contributed by atoms with Crippen molar-refractivity contribution in [1.29, 1.82) is 0 Å². The highest BCUT2D eigenvalue weighted by Crippen LogP contribution is 2.36. The summed E-state index contributed by atoms with van der Waals surface area (Å²) in [6, 6.07) is 11.8. The number of anilines is 1. The van der Waals surface area contributed by atoms with Crippen molar-refractivity contribution in [1.82, 2.24) is 0 Å². The van der Waals surface area contributed by atoms with Crippen molar-refractivity contribution in [2.75, 3.05) is 5.32 Å². The molecule has 1 N–H and O–H groups in total. The molecule has 3 nitrogen and oxygen atoms in total. The topological polar surface area (TPSA) is 38.3 Å². The van der Waals surface area contributed by atoms with Crippen LogP contribution in [-0.4, -0.2) is 12.0 Å². The van der Waals surface area contributed by atoms with Gasteiger partial charge in [-0.3, -0.25) is 4.79 Å². The highest BCUT2D eigenvalue weighted by molar-refractivity contribution is 6.30. The summed E-state index contributed by atoms with van der Waals surface area (Å²) in [4.78, 5) is 12.3. The third-order valence-electron chi connectivity index (χ3n) is 3.23. The summed E-state index contributed by atoms with van der Waals surface area (Å²) >= 11 is 5.62. The second-order valence-electron chi connectivity index (χ2n) is 5.00. The first-order valence-corrected chi connectivity index (χ1v) is 7.58. The van der Waals surface area contributed by atoms with Crippen LogP contribution in [0.2, 0.25) is 5.02 Å². The maximum Gasteiger partial charge on any atom is 0.418 e. The van der Waals surface area contributed by atoms with E-state index in [2.05, 4.69) is 5.32 Å². The van der Waals surface area contributed by atoms with Crippen LogP contribution in [0.25, 0.3) is 0 Å². The number of amides is 1. The van der Waals surface area contributed by atoms with Gasteiger partial charge >= 0.3 is 6.18 Å². The number of carbonyl (C=O) groups is 1. The Bertz CT molecular complexity index is 705. The third-order valence-corrected chi connectivity index (χ3v) is 3.46. The molecule has 24 heavy (non-hydrogen) atoms. The summed E-state index contributed by atoms with van der Waals surface area (Å²) in [7, 11) is 0. The molecule has 0 saturated carbocycles. The largest absolute Gasteiger partial charge is 0.481 e. The lowest BCUT2D eigenvalue weighted by Crippen LogP contribution is -2.33. The number of para-hydroxylation sites is 1.